The zero-order chi connectivity index (χ0) is 8.10. The van der Waals surface area contributed by atoms with Crippen molar-refractivity contribution in [1.29, 1.82) is 0 Å². The van der Waals surface area contributed by atoms with Crippen LogP contribution in [0, 0.1) is 0 Å². The van der Waals surface area contributed by atoms with Crippen LogP contribution < -0.4 is 4.74 Å². The average molecular weight is 157 g/mol. The number of carboxylic acids is 1. The van der Waals surface area contributed by atoms with Gasteiger partial charge in [-0.3, -0.25) is 4.79 Å². The highest BCUT2D eigenvalue weighted by Gasteiger charge is 1.98. The average Bonchev–Trinajstić information content (AvgIpc) is 2.39. The number of rotatable bonds is 4. The van der Waals surface area contributed by atoms with E-state index in [2.05, 4.69) is 15.4 Å². The number of H-pyrrole nitrogens is 1. The van der Waals surface area contributed by atoms with Crippen LogP contribution in [0.5, 0.6) is 5.88 Å². The van der Waals surface area contributed by atoms with Gasteiger partial charge in [-0.05, 0) is 0 Å². The summed E-state index contributed by atoms with van der Waals surface area (Å²) in [6, 6.07) is 0. The van der Waals surface area contributed by atoms with Gasteiger partial charge in [0.1, 0.15) is 12.8 Å². The summed E-state index contributed by atoms with van der Waals surface area (Å²) in [5.41, 5.74) is 0. The molecule has 0 unspecified atom stereocenters. The van der Waals surface area contributed by atoms with E-state index in [-0.39, 0.29) is 13.0 Å². The standard InChI is InChI=1S/C5H7N3O3/c9-5(10)1-2-11-4-3-6-8-7-4/h3H,1-2H2,(H,9,10)(H,6,7,8). The molecule has 0 saturated carbocycles. The predicted molar refractivity (Wildman–Crippen MR) is 34.1 cm³/mol. The first kappa shape index (κ1) is 7.52. The minimum Gasteiger partial charge on any atom is -0.481 e. The monoisotopic (exact) mass is 157 g/mol. The lowest BCUT2D eigenvalue weighted by atomic mass is 10.5. The third-order valence-electron chi connectivity index (χ3n) is 0.959. The highest BCUT2D eigenvalue weighted by atomic mass is 16.5. The van der Waals surface area contributed by atoms with Crippen molar-refractivity contribution >= 4 is 5.97 Å². The first-order valence-corrected chi connectivity index (χ1v) is 2.99. The van der Waals surface area contributed by atoms with E-state index in [0.717, 1.165) is 0 Å². The van der Waals surface area contributed by atoms with E-state index in [0.29, 0.717) is 5.88 Å². The third-order valence-corrected chi connectivity index (χ3v) is 0.959. The van der Waals surface area contributed by atoms with Crippen molar-refractivity contribution in [3.63, 3.8) is 0 Å². The SMILES string of the molecule is O=C(O)CCOc1cn[nH]n1. The predicted octanol–water partition coefficient (Wildman–Crippen LogP) is -0.342. The Morgan fingerprint density at radius 3 is 3.18 bits per heavy atom. The summed E-state index contributed by atoms with van der Waals surface area (Å²) in [7, 11) is 0. The van der Waals surface area contributed by atoms with Crippen molar-refractivity contribution in [3.05, 3.63) is 6.20 Å². The fraction of sp³-hybridized carbons (Fsp3) is 0.400. The van der Waals surface area contributed by atoms with Crippen molar-refractivity contribution in [2.45, 2.75) is 6.42 Å². The topological polar surface area (TPSA) is 88.1 Å². The molecule has 0 amide bonds. The van der Waals surface area contributed by atoms with Crippen LogP contribution in [0.3, 0.4) is 0 Å². The molecule has 6 nitrogen and oxygen atoms in total. The van der Waals surface area contributed by atoms with Gasteiger partial charge in [0.15, 0.2) is 0 Å². The lowest BCUT2D eigenvalue weighted by molar-refractivity contribution is -0.137. The Hall–Kier alpha value is -1.59. The van der Waals surface area contributed by atoms with Crippen molar-refractivity contribution in [2.75, 3.05) is 6.61 Å². The highest BCUT2D eigenvalue weighted by Crippen LogP contribution is 1.99. The molecule has 1 rings (SSSR count). The van der Waals surface area contributed by atoms with Gasteiger partial charge in [0.25, 0.3) is 5.88 Å². The van der Waals surface area contributed by atoms with Gasteiger partial charge in [-0.25, -0.2) is 0 Å². The lowest BCUT2D eigenvalue weighted by Crippen LogP contribution is -2.04. The van der Waals surface area contributed by atoms with Crippen molar-refractivity contribution in [1.82, 2.24) is 15.4 Å². The lowest BCUT2D eigenvalue weighted by Gasteiger charge is -1.96. The molecule has 1 aromatic rings. The van der Waals surface area contributed by atoms with E-state index in [4.69, 9.17) is 9.84 Å². The molecule has 1 aromatic heterocycles. The second kappa shape index (κ2) is 3.55. The number of nitrogens with zero attached hydrogens (tertiary/aromatic N) is 2. The van der Waals surface area contributed by atoms with Gasteiger partial charge < -0.3 is 9.84 Å². The summed E-state index contributed by atoms with van der Waals surface area (Å²) in [6.07, 6.45) is 1.34. The summed E-state index contributed by atoms with van der Waals surface area (Å²) in [6.45, 7) is 0.113. The van der Waals surface area contributed by atoms with E-state index in [1.807, 2.05) is 0 Å². The van der Waals surface area contributed by atoms with Crippen LogP contribution in [0.25, 0.3) is 0 Å². The molecule has 11 heavy (non-hydrogen) atoms. The number of ether oxygens (including phenoxy) is 1. The van der Waals surface area contributed by atoms with Crippen molar-refractivity contribution < 1.29 is 14.6 Å². The van der Waals surface area contributed by atoms with E-state index >= 15 is 0 Å². The number of aliphatic carboxylic acids is 1. The molecule has 60 valence electrons. The number of aromatic amines is 1. The van der Waals surface area contributed by atoms with Gasteiger partial charge in [0, 0.05) is 0 Å². The Bertz CT molecular complexity index is 221. The number of aromatic nitrogens is 3. The number of hydrogen-bond acceptors (Lipinski definition) is 4. The Morgan fingerprint density at radius 1 is 1.82 bits per heavy atom. The smallest absolute Gasteiger partial charge is 0.306 e. The van der Waals surface area contributed by atoms with Crippen LogP contribution in [0.2, 0.25) is 0 Å². The zero-order valence-electron chi connectivity index (χ0n) is 5.65. The van der Waals surface area contributed by atoms with Crippen LogP contribution in [0.15, 0.2) is 6.20 Å². The molecule has 0 fully saturated rings. The largest absolute Gasteiger partial charge is 0.481 e. The second-order valence-corrected chi connectivity index (χ2v) is 1.80. The fourth-order valence-corrected chi connectivity index (χ4v) is 0.504. The number of carbonyl (C=O) groups is 1. The summed E-state index contributed by atoms with van der Waals surface area (Å²) in [5.74, 6) is -0.584. The summed E-state index contributed by atoms with van der Waals surface area (Å²) >= 11 is 0. The molecule has 6 heteroatoms. The van der Waals surface area contributed by atoms with Crippen LogP contribution in [0.4, 0.5) is 0 Å². The number of carboxylic acid groups (broad SMARTS) is 1. The molecule has 0 aromatic carbocycles. The molecule has 0 radical (unpaired) electrons. The number of nitrogens with one attached hydrogen (secondary N) is 1. The first-order valence-electron chi connectivity index (χ1n) is 2.99. The Morgan fingerprint density at radius 2 is 2.64 bits per heavy atom. The summed E-state index contributed by atoms with van der Waals surface area (Å²) < 4.78 is 4.87. The quantitative estimate of drug-likeness (QED) is 0.624. The Labute approximate surface area is 62.2 Å². The molecule has 0 saturated heterocycles. The molecule has 0 aliphatic carbocycles. The van der Waals surface area contributed by atoms with Crippen LogP contribution in [-0.4, -0.2) is 33.1 Å². The fourth-order valence-electron chi connectivity index (χ4n) is 0.504. The van der Waals surface area contributed by atoms with E-state index in [1.54, 1.807) is 0 Å². The van der Waals surface area contributed by atoms with E-state index in [1.165, 1.54) is 6.20 Å². The molecular weight excluding hydrogens is 150 g/mol. The zero-order valence-corrected chi connectivity index (χ0v) is 5.65. The Kier molecular flexibility index (Phi) is 2.42. The van der Waals surface area contributed by atoms with Gasteiger partial charge in [-0.1, -0.05) is 0 Å². The molecular formula is C5H7N3O3. The van der Waals surface area contributed by atoms with Crippen LogP contribution >= 0.6 is 0 Å². The van der Waals surface area contributed by atoms with Gasteiger partial charge in [-0.2, -0.15) is 10.3 Å². The minimum absolute atomic E-state index is 0.0349. The normalized spacial score (nSPS) is 9.45. The maximum absolute atomic E-state index is 10.0. The van der Waals surface area contributed by atoms with Crippen molar-refractivity contribution in [3.8, 4) is 5.88 Å². The highest BCUT2D eigenvalue weighted by molar-refractivity contribution is 5.66. The summed E-state index contributed by atoms with van der Waals surface area (Å²) in [4.78, 5) is 10.0. The third kappa shape index (κ3) is 2.65. The molecule has 0 aliphatic heterocycles. The molecule has 0 atom stereocenters. The maximum atomic E-state index is 10.0. The molecule has 0 bridgehead atoms. The van der Waals surface area contributed by atoms with Crippen molar-refractivity contribution in [2.24, 2.45) is 0 Å². The maximum Gasteiger partial charge on any atom is 0.306 e. The second-order valence-electron chi connectivity index (χ2n) is 1.80. The van der Waals surface area contributed by atoms with Gasteiger partial charge in [-0.15, -0.1) is 5.10 Å². The van der Waals surface area contributed by atoms with Gasteiger partial charge in [0.2, 0.25) is 0 Å². The van der Waals surface area contributed by atoms with Crippen LogP contribution in [0.1, 0.15) is 6.42 Å². The molecule has 1 heterocycles. The van der Waals surface area contributed by atoms with E-state index in [9.17, 15) is 4.79 Å². The molecule has 2 N–H and O–H groups in total. The van der Waals surface area contributed by atoms with Gasteiger partial charge in [0.05, 0.1) is 6.42 Å². The Balaban J connectivity index is 2.19. The van der Waals surface area contributed by atoms with Gasteiger partial charge >= 0.3 is 5.97 Å². The first-order chi connectivity index (χ1) is 5.29. The summed E-state index contributed by atoms with van der Waals surface area (Å²) in [5, 5.41) is 17.6. The van der Waals surface area contributed by atoms with E-state index < -0.39 is 5.97 Å². The van der Waals surface area contributed by atoms with Crippen LogP contribution in [-0.2, 0) is 4.79 Å². The number of hydrogen-bond donors (Lipinski definition) is 2. The minimum atomic E-state index is -0.895. The molecule has 0 spiro atoms. The molecule has 0 aliphatic rings.